The smallest absolute Gasteiger partial charge is 0.347 e. The minimum atomic E-state index is -0.457. The van der Waals surface area contributed by atoms with Gasteiger partial charge in [0.2, 0.25) is 5.91 Å². The van der Waals surface area contributed by atoms with Crippen molar-refractivity contribution in [2.75, 3.05) is 5.32 Å². The predicted octanol–water partition coefficient (Wildman–Crippen LogP) is 3.34. The number of carbonyl (C=O) groups is 1. The lowest BCUT2D eigenvalue weighted by Gasteiger charge is -2.08. The summed E-state index contributed by atoms with van der Waals surface area (Å²) in [5.41, 5.74) is 2.52. The SMILES string of the molecule is CCc1cccc(NC(=O)Cn2ncc3c(=O)oc4ccccc4c32)c1. The van der Waals surface area contributed by atoms with Crippen LogP contribution in [0.15, 0.2) is 63.9 Å². The molecule has 0 aliphatic rings. The first-order chi connectivity index (χ1) is 12.7. The number of nitrogens with one attached hydrogen (secondary N) is 1. The number of benzene rings is 2. The Labute approximate surface area is 149 Å². The number of hydrogen-bond acceptors (Lipinski definition) is 4. The van der Waals surface area contributed by atoms with Gasteiger partial charge in [0.15, 0.2) is 0 Å². The van der Waals surface area contributed by atoms with Gasteiger partial charge in [0.25, 0.3) is 0 Å². The van der Waals surface area contributed by atoms with E-state index in [4.69, 9.17) is 4.42 Å². The summed E-state index contributed by atoms with van der Waals surface area (Å²) in [4.78, 5) is 24.6. The van der Waals surface area contributed by atoms with Gasteiger partial charge >= 0.3 is 5.63 Å². The second-order valence-electron chi connectivity index (χ2n) is 6.05. The Balaban J connectivity index is 1.69. The molecule has 2 aromatic carbocycles. The zero-order chi connectivity index (χ0) is 18.1. The lowest BCUT2D eigenvalue weighted by atomic mass is 10.1. The first kappa shape index (κ1) is 16.1. The fraction of sp³-hybridized carbons (Fsp3) is 0.150. The average molecular weight is 347 g/mol. The number of anilines is 1. The molecule has 0 aliphatic heterocycles. The molecule has 0 aliphatic carbocycles. The highest BCUT2D eigenvalue weighted by Gasteiger charge is 2.15. The van der Waals surface area contributed by atoms with E-state index in [9.17, 15) is 9.59 Å². The number of aryl methyl sites for hydroxylation is 1. The molecule has 1 amide bonds. The van der Waals surface area contributed by atoms with Crippen LogP contribution in [0.1, 0.15) is 12.5 Å². The van der Waals surface area contributed by atoms with Crippen molar-refractivity contribution in [3.05, 3.63) is 70.7 Å². The van der Waals surface area contributed by atoms with Gasteiger partial charge in [-0.25, -0.2) is 4.79 Å². The molecule has 0 spiro atoms. The van der Waals surface area contributed by atoms with Gasteiger partial charge in [0, 0.05) is 11.1 Å². The highest BCUT2D eigenvalue weighted by molar-refractivity contribution is 6.02. The molecule has 0 bridgehead atoms. The van der Waals surface area contributed by atoms with Crippen LogP contribution in [0.3, 0.4) is 0 Å². The molecular formula is C20H17N3O3. The Bertz CT molecular complexity index is 1170. The Hall–Kier alpha value is -3.41. The molecule has 0 radical (unpaired) electrons. The first-order valence-corrected chi connectivity index (χ1v) is 8.42. The van der Waals surface area contributed by atoms with E-state index in [0.717, 1.165) is 23.1 Å². The van der Waals surface area contributed by atoms with E-state index in [0.29, 0.717) is 16.5 Å². The number of nitrogens with zero attached hydrogens (tertiary/aromatic N) is 2. The van der Waals surface area contributed by atoms with Gasteiger partial charge in [-0.15, -0.1) is 0 Å². The Morgan fingerprint density at radius 3 is 2.85 bits per heavy atom. The molecule has 2 aromatic heterocycles. The molecule has 0 unspecified atom stereocenters. The Morgan fingerprint density at radius 2 is 2.00 bits per heavy atom. The van der Waals surface area contributed by atoms with Crippen molar-refractivity contribution < 1.29 is 9.21 Å². The molecule has 130 valence electrons. The number of aromatic nitrogens is 2. The summed E-state index contributed by atoms with van der Waals surface area (Å²) in [7, 11) is 0. The molecule has 6 heteroatoms. The van der Waals surface area contributed by atoms with E-state index in [1.807, 2.05) is 36.4 Å². The number of amides is 1. The molecule has 0 fully saturated rings. The van der Waals surface area contributed by atoms with Crippen LogP contribution in [0.5, 0.6) is 0 Å². The second-order valence-corrected chi connectivity index (χ2v) is 6.05. The summed E-state index contributed by atoms with van der Waals surface area (Å²) in [5, 5.41) is 8.21. The fourth-order valence-electron chi connectivity index (χ4n) is 3.05. The molecule has 4 aromatic rings. The van der Waals surface area contributed by atoms with Crippen LogP contribution in [0, 0.1) is 0 Å². The third kappa shape index (κ3) is 2.86. The van der Waals surface area contributed by atoms with Crippen LogP contribution >= 0.6 is 0 Å². The summed E-state index contributed by atoms with van der Waals surface area (Å²) >= 11 is 0. The molecule has 0 atom stereocenters. The molecular weight excluding hydrogens is 330 g/mol. The minimum Gasteiger partial charge on any atom is -0.422 e. The number of hydrogen-bond donors (Lipinski definition) is 1. The monoisotopic (exact) mass is 347 g/mol. The summed E-state index contributed by atoms with van der Waals surface area (Å²) < 4.78 is 6.84. The first-order valence-electron chi connectivity index (χ1n) is 8.42. The molecule has 1 N–H and O–H groups in total. The summed E-state index contributed by atoms with van der Waals surface area (Å²) in [6.07, 6.45) is 2.34. The van der Waals surface area contributed by atoms with Gasteiger partial charge in [-0.3, -0.25) is 9.48 Å². The molecule has 26 heavy (non-hydrogen) atoms. The average Bonchev–Trinajstić information content (AvgIpc) is 3.06. The van der Waals surface area contributed by atoms with Gasteiger partial charge in [0.05, 0.1) is 11.7 Å². The number of carbonyl (C=O) groups excluding carboxylic acids is 1. The van der Waals surface area contributed by atoms with E-state index in [2.05, 4.69) is 17.3 Å². The topological polar surface area (TPSA) is 77.1 Å². The largest absolute Gasteiger partial charge is 0.422 e. The molecule has 6 nitrogen and oxygen atoms in total. The fourth-order valence-corrected chi connectivity index (χ4v) is 3.05. The van der Waals surface area contributed by atoms with E-state index in [-0.39, 0.29) is 12.5 Å². The predicted molar refractivity (Wildman–Crippen MR) is 100 cm³/mol. The summed E-state index contributed by atoms with van der Waals surface area (Å²) in [5.74, 6) is -0.208. The van der Waals surface area contributed by atoms with Gasteiger partial charge < -0.3 is 9.73 Å². The number of fused-ring (bicyclic) bond motifs is 3. The zero-order valence-corrected chi connectivity index (χ0v) is 14.2. The van der Waals surface area contributed by atoms with Crippen molar-refractivity contribution in [2.45, 2.75) is 19.9 Å². The minimum absolute atomic E-state index is 0.00724. The summed E-state index contributed by atoms with van der Waals surface area (Å²) in [6, 6.07) is 15.0. The third-order valence-electron chi connectivity index (χ3n) is 4.32. The molecule has 2 heterocycles. The lowest BCUT2D eigenvalue weighted by Crippen LogP contribution is -2.19. The van der Waals surface area contributed by atoms with Crippen molar-refractivity contribution >= 4 is 33.5 Å². The zero-order valence-electron chi connectivity index (χ0n) is 14.2. The maximum Gasteiger partial charge on any atom is 0.347 e. The maximum atomic E-state index is 12.5. The van der Waals surface area contributed by atoms with Gasteiger partial charge in [-0.1, -0.05) is 31.2 Å². The second kappa shape index (κ2) is 6.48. The quantitative estimate of drug-likeness (QED) is 0.574. The van der Waals surface area contributed by atoms with Crippen molar-refractivity contribution in [1.29, 1.82) is 0 Å². The van der Waals surface area contributed by atoms with Crippen molar-refractivity contribution in [2.24, 2.45) is 0 Å². The maximum absolute atomic E-state index is 12.5. The van der Waals surface area contributed by atoms with E-state index >= 15 is 0 Å². The van der Waals surface area contributed by atoms with E-state index < -0.39 is 5.63 Å². The molecule has 4 rings (SSSR count). The van der Waals surface area contributed by atoms with Gasteiger partial charge in [-0.2, -0.15) is 5.10 Å². The van der Waals surface area contributed by atoms with Crippen LogP contribution in [-0.2, 0) is 17.8 Å². The van der Waals surface area contributed by atoms with Crippen LogP contribution in [0.2, 0.25) is 0 Å². The van der Waals surface area contributed by atoms with E-state index in [1.54, 1.807) is 12.1 Å². The van der Waals surface area contributed by atoms with Crippen LogP contribution in [0.25, 0.3) is 21.9 Å². The van der Waals surface area contributed by atoms with Crippen molar-refractivity contribution in [3.8, 4) is 0 Å². The number of para-hydroxylation sites is 1. The van der Waals surface area contributed by atoms with Crippen LogP contribution < -0.4 is 10.9 Å². The Morgan fingerprint density at radius 1 is 1.15 bits per heavy atom. The lowest BCUT2D eigenvalue weighted by molar-refractivity contribution is -0.116. The third-order valence-corrected chi connectivity index (χ3v) is 4.32. The standard InChI is InChI=1S/C20H17N3O3/c1-2-13-6-5-7-14(10-13)22-18(24)12-23-19-15-8-3-4-9-17(15)26-20(25)16(19)11-21-23/h3-11H,2,12H2,1H3,(H,22,24). The normalized spacial score (nSPS) is 11.1. The Kier molecular flexibility index (Phi) is 4.01. The highest BCUT2D eigenvalue weighted by atomic mass is 16.4. The van der Waals surface area contributed by atoms with Gasteiger partial charge in [0.1, 0.15) is 17.5 Å². The van der Waals surface area contributed by atoms with E-state index in [1.165, 1.54) is 10.9 Å². The number of rotatable bonds is 4. The van der Waals surface area contributed by atoms with Crippen LogP contribution in [-0.4, -0.2) is 15.7 Å². The highest BCUT2D eigenvalue weighted by Crippen LogP contribution is 2.22. The van der Waals surface area contributed by atoms with Crippen molar-refractivity contribution in [3.63, 3.8) is 0 Å². The summed E-state index contributed by atoms with van der Waals surface area (Å²) in [6.45, 7) is 2.07. The van der Waals surface area contributed by atoms with Crippen LogP contribution in [0.4, 0.5) is 5.69 Å². The van der Waals surface area contributed by atoms with Gasteiger partial charge in [-0.05, 0) is 36.2 Å². The molecule has 0 saturated carbocycles. The molecule has 0 saturated heterocycles. The van der Waals surface area contributed by atoms with Crippen molar-refractivity contribution in [1.82, 2.24) is 9.78 Å².